The van der Waals surface area contributed by atoms with Crippen LogP contribution >= 0.6 is 0 Å². The summed E-state index contributed by atoms with van der Waals surface area (Å²) in [5.41, 5.74) is 0.716. The van der Waals surface area contributed by atoms with Gasteiger partial charge in [-0.15, -0.1) is 0 Å². The second-order valence-electron chi connectivity index (χ2n) is 2.44. The fourth-order valence-electron chi connectivity index (χ4n) is 1.02. The van der Waals surface area contributed by atoms with Gasteiger partial charge in [-0.2, -0.15) is 15.0 Å². The Bertz CT molecular complexity index is 396. The van der Waals surface area contributed by atoms with E-state index in [0.717, 1.165) is 12.1 Å². The maximum Gasteiger partial charge on any atom is 0.161 e. The third-order valence-corrected chi connectivity index (χ3v) is 1.52. The highest BCUT2D eigenvalue weighted by Crippen LogP contribution is 2.13. The summed E-state index contributed by atoms with van der Waals surface area (Å²) in [6.07, 6.45) is 0. The molecule has 0 unspecified atom stereocenters. The predicted octanol–water partition coefficient (Wildman–Crippen LogP) is 1.25. The minimum Gasteiger partial charge on any atom is -0.204 e. The SMILES string of the molecule is Cn1nc2cc(F)c(F)cc2n1. The number of benzene rings is 1. The van der Waals surface area contributed by atoms with Gasteiger partial charge < -0.3 is 0 Å². The summed E-state index contributed by atoms with van der Waals surface area (Å²) in [5, 5.41) is 7.63. The van der Waals surface area contributed by atoms with Crippen molar-refractivity contribution in [1.29, 1.82) is 0 Å². The lowest BCUT2D eigenvalue weighted by Gasteiger charge is -1.88. The Morgan fingerprint density at radius 1 is 1.08 bits per heavy atom. The van der Waals surface area contributed by atoms with Crippen molar-refractivity contribution < 1.29 is 8.78 Å². The van der Waals surface area contributed by atoms with Crippen LogP contribution in [0.5, 0.6) is 0 Å². The molecule has 5 heteroatoms. The monoisotopic (exact) mass is 169 g/mol. The maximum atomic E-state index is 12.6. The van der Waals surface area contributed by atoms with Crippen LogP contribution in [0.3, 0.4) is 0 Å². The van der Waals surface area contributed by atoms with Gasteiger partial charge in [0.2, 0.25) is 0 Å². The standard InChI is InChI=1S/C7H5F2N3/c1-12-10-6-2-4(8)5(9)3-7(6)11-12/h2-3H,1H3. The number of nitrogens with zero attached hydrogens (tertiary/aromatic N) is 3. The molecule has 1 aromatic heterocycles. The van der Waals surface area contributed by atoms with E-state index in [9.17, 15) is 8.78 Å². The Hall–Kier alpha value is -1.52. The first kappa shape index (κ1) is 7.15. The van der Waals surface area contributed by atoms with E-state index >= 15 is 0 Å². The van der Waals surface area contributed by atoms with Gasteiger partial charge in [0, 0.05) is 19.2 Å². The Balaban J connectivity index is 2.83. The van der Waals surface area contributed by atoms with Gasteiger partial charge in [0.1, 0.15) is 11.0 Å². The van der Waals surface area contributed by atoms with Crippen LogP contribution in [0.15, 0.2) is 12.1 Å². The number of hydrogen-bond donors (Lipinski definition) is 0. The smallest absolute Gasteiger partial charge is 0.161 e. The van der Waals surface area contributed by atoms with E-state index in [1.807, 2.05) is 0 Å². The number of hydrogen-bond acceptors (Lipinski definition) is 2. The van der Waals surface area contributed by atoms with Crippen molar-refractivity contribution in [2.45, 2.75) is 0 Å². The topological polar surface area (TPSA) is 30.7 Å². The Kier molecular flexibility index (Phi) is 1.33. The van der Waals surface area contributed by atoms with Crippen molar-refractivity contribution in [3.63, 3.8) is 0 Å². The zero-order valence-corrected chi connectivity index (χ0v) is 6.25. The van der Waals surface area contributed by atoms with Crippen LogP contribution in [0.25, 0.3) is 11.0 Å². The summed E-state index contributed by atoms with van der Waals surface area (Å²) >= 11 is 0. The largest absolute Gasteiger partial charge is 0.204 e. The summed E-state index contributed by atoms with van der Waals surface area (Å²) in [5.74, 6) is -1.80. The van der Waals surface area contributed by atoms with Crippen molar-refractivity contribution >= 4 is 11.0 Å². The molecule has 2 aromatic rings. The van der Waals surface area contributed by atoms with Crippen molar-refractivity contribution in [2.24, 2.45) is 7.05 Å². The molecule has 1 heterocycles. The van der Waals surface area contributed by atoms with Crippen molar-refractivity contribution in [2.75, 3.05) is 0 Å². The first-order valence-electron chi connectivity index (χ1n) is 3.33. The molecule has 0 fully saturated rings. The maximum absolute atomic E-state index is 12.6. The molecule has 0 amide bonds. The van der Waals surface area contributed by atoms with Gasteiger partial charge in [-0.25, -0.2) is 8.78 Å². The van der Waals surface area contributed by atoms with Crippen molar-refractivity contribution in [3.8, 4) is 0 Å². The number of aryl methyl sites for hydroxylation is 1. The average molecular weight is 169 g/mol. The second kappa shape index (κ2) is 2.23. The molecule has 0 atom stereocenters. The van der Waals surface area contributed by atoms with E-state index in [1.165, 1.54) is 4.80 Å². The highest BCUT2D eigenvalue weighted by molar-refractivity contribution is 5.73. The molecule has 0 aliphatic rings. The van der Waals surface area contributed by atoms with Gasteiger partial charge in [0.05, 0.1) is 0 Å². The number of fused-ring (bicyclic) bond motifs is 1. The van der Waals surface area contributed by atoms with Gasteiger partial charge in [-0.1, -0.05) is 0 Å². The number of aromatic nitrogens is 3. The minimum atomic E-state index is -0.900. The summed E-state index contributed by atoms with van der Waals surface area (Å²) < 4.78 is 25.2. The number of halogens is 2. The number of rotatable bonds is 0. The highest BCUT2D eigenvalue weighted by Gasteiger charge is 2.06. The first-order valence-corrected chi connectivity index (χ1v) is 3.33. The van der Waals surface area contributed by atoms with Gasteiger partial charge in [-0.3, -0.25) is 0 Å². The van der Waals surface area contributed by atoms with E-state index in [1.54, 1.807) is 7.05 Å². The quantitative estimate of drug-likeness (QED) is 0.594. The molecule has 12 heavy (non-hydrogen) atoms. The fraction of sp³-hybridized carbons (Fsp3) is 0.143. The van der Waals surface area contributed by atoms with E-state index in [4.69, 9.17) is 0 Å². The second-order valence-corrected chi connectivity index (χ2v) is 2.44. The summed E-state index contributed by atoms with van der Waals surface area (Å²) in [6, 6.07) is 2.05. The molecule has 62 valence electrons. The molecule has 0 saturated heterocycles. The van der Waals surface area contributed by atoms with E-state index in [0.29, 0.717) is 11.0 Å². The molecular formula is C7H5F2N3. The van der Waals surface area contributed by atoms with E-state index in [-0.39, 0.29) is 0 Å². The molecule has 0 spiro atoms. The summed E-state index contributed by atoms with van der Waals surface area (Å²) in [6.45, 7) is 0. The van der Waals surface area contributed by atoms with Crippen LogP contribution in [0.2, 0.25) is 0 Å². The molecule has 0 bridgehead atoms. The third-order valence-electron chi connectivity index (χ3n) is 1.52. The first-order chi connectivity index (χ1) is 5.66. The van der Waals surface area contributed by atoms with E-state index in [2.05, 4.69) is 10.2 Å². The van der Waals surface area contributed by atoms with Crippen LogP contribution in [-0.2, 0) is 7.05 Å². The van der Waals surface area contributed by atoms with Crippen molar-refractivity contribution in [3.05, 3.63) is 23.8 Å². The van der Waals surface area contributed by atoms with Crippen LogP contribution < -0.4 is 0 Å². The fourth-order valence-corrected chi connectivity index (χ4v) is 1.02. The predicted molar refractivity (Wildman–Crippen MR) is 38.4 cm³/mol. The Morgan fingerprint density at radius 3 is 1.92 bits per heavy atom. The Labute approximate surface area is 66.6 Å². The summed E-state index contributed by atoms with van der Waals surface area (Å²) in [4.78, 5) is 1.27. The van der Waals surface area contributed by atoms with Gasteiger partial charge in [0.25, 0.3) is 0 Å². The molecule has 3 nitrogen and oxygen atoms in total. The molecule has 0 saturated carbocycles. The zero-order chi connectivity index (χ0) is 8.72. The Morgan fingerprint density at radius 2 is 1.50 bits per heavy atom. The van der Waals surface area contributed by atoms with Crippen molar-refractivity contribution in [1.82, 2.24) is 15.0 Å². The molecule has 0 N–H and O–H groups in total. The zero-order valence-electron chi connectivity index (χ0n) is 6.25. The lowest BCUT2D eigenvalue weighted by molar-refractivity contribution is 0.510. The van der Waals surface area contributed by atoms with Crippen LogP contribution in [0.4, 0.5) is 8.78 Å². The lowest BCUT2D eigenvalue weighted by Crippen LogP contribution is -1.90. The van der Waals surface area contributed by atoms with Gasteiger partial charge in [-0.05, 0) is 0 Å². The summed E-state index contributed by atoms with van der Waals surface area (Å²) in [7, 11) is 1.59. The van der Waals surface area contributed by atoms with Crippen LogP contribution in [0.1, 0.15) is 0 Å². The van der Waals surface area contributed by atoms with Crippen LogP contribution in [-0.4, -0.2) is 15.0 Å². The molecule has 1 aromatic carbocycles. The molecule has 2 rings (SSSR count). The molecule has 0 aliphatic heterocycles. The van der Waals surface area contributed by atoms with Gasteiger partial charge >= 0.3 is 0 Å². The molecule has 0 aliphatic carbocycles. The van der Waals surface area contributed by atoms with E-state index < -0.39 is 11.6 Å². The molecule has 0 radical (unpaired) electrons. The van der Waals surface area contributed by atoms with Gasteiger partial charge in [0.15, 0.2) is 11.6 Å². The average Bonchev–Trinajstić information content (AvgIpc) is 2.30. The third kappa shape index (κ3) is 0.939. The minimum absolute atomic E-state index is 0.358. The molecular weight excluding hydrogens is 164 g/mol. The van der Waals surface area contributed by atoms with Crippen LogP contribution in [0, 0.1) is 11.6 Å². The normalized spacial score (nSPS) is 10.9. The lowest BCUT2D eigenvalue weighted by atomic mass is 10.3. The highest BCUT2D eigenvalue weighted by atomic mass is 19.2.